The highest BCUT2D eigenvalue weighted by atomic mass is 32.1. The standard InChI is InChI=1S/C20H19F3N4O2S/c1-11(28)12-4-6-13(7-5-12)25-19(29)14-10-24-27-17(20(21,22)23)9-15(26-18(14)27)16-3-2-8-30-16/h2-8,10-11,15,17,26,28H,9H2,1H3,(H,25,29)/t11-,15-,17-/m1/s1. The maximum absolute atomic E-state index is 13.7. The van der Waals surface area contributed by atoms with E-state index in [1.165, 1.54) is 11.3 Å². The third-order valence-corrected chi connectivity index (χ3v) is 6.01. The first-order valence-electron chi connectivity index (χ1n) is 9.27. The number of amides is 1. The van der Waals surface area contributed by atoms with E-state index in [0.717, 1.165) is 15.8 Å². The number of benzene rings is 1. The lowest BCUT2D eigenvalue weighted by Gasteiger charge is -2.33. The van der Waals surface area contributed by atoms with Crippen LogP contribution in [0.25, 0.3) is 0 Å². The molecule has 2 aromatic heterocycles. The summed E-state index contributed by atoms with van der Waals surface area (Å²) in [4.78, 5) is 13.5. The first kappa shape index (κ1) is 20.4. The third kappa shape index (κ3) is 3.92. The Bertz CT molecular complexity index is 1030. The van der Waals surface area contributed by atoms with Gasteiger partial charge >= 0.3 is 6.18 Å². The van der Waals surface area contributed by atoms with Crippen LogP contribution in [-0.2, 0) is 0 Å². The number of carbonyl (C=O) groups is 1. The molecule has 0 unspecified atom stereocenters. The van der Waals surface area contributed by atoms with E-state index in [4.69, 9.17) is 0 Å². The fraction of sp³-hybridized carbons (Fsp3) is 0.300. The van der Waals surface area contributed by atoms with Crippen LogP contribution in [0.5, 0.6) is 0 Å². The second-order valence-electron chi connectivity index (χ2n) is 7.11. The van der Waals surface area contributed by atoms with Crippen LogP contribution in [0.2, 0.25) is 0 Å². The molecule has 0 saturated heterocycles. The molecule has 0 aliphatic carbocycles. The second-order valence-corrected chi connectivity index (χ2v) is 8.09. The van der Waals surface area contributed by atoms with Gasteiger partial charge in [0.05, 0.1) is 18.3 Å². The molecule has 1 aromatic carbocycles. The van der Waals surface area contributed by atoms with Gasteiger partial charge in [0, 0.05) is 17.0 Å². The average Bonchev–Trinajstić information content (AvgIpc) is 3.36. The molecule has 6 nitrogen and oxygen atoms in total. The summed E-state index contributed by atoms with van der Waals surface area (Å²) in [5.74, 6) is -0.527. The molecule has 0 spiro atoms. The van der Waals surface area contributed by atoms with E-state index in [1.807, 2.05) is 0 Å². The van der Waals surface area contributed by atoms with Crippen LogP contribution < -0.4 is 10.6 Å². The second kappa shape index (κ2) is 7.77. The van der Waals surface area contributed by atoms with E-state index >= 15 is 0 Å². The van der Waals surface area contributed by atoms with Gasteiger partial charge in [0.1, 0.15) is 11.4 Å². The van der Waals surface area contributed by atoms with Crippen molar-refractivity contribution in [3.05, 3.63) is 64.0 Å². The zero-order valence-electron chi connectivity index (χ0n) is 15.8. The number of carbonyl (C=O) groups excluding carboxylic acids is 1. The average molecular weight is 436 g/mol. The molecule has 1 aliphatic rings. The van der Waals surface area contributed by atoms with E-state index in [-0.39, 0.29) is 17.8 Å². The summed E-state index contributed by atoms with van der Waals surface area (Å²) >= 11 is 1.36. The van der Waals surface area contributed by atoms with Gasteiger partial charge < -0.3 is 15.7 Å². The Morgan fingerprint density at radius 2 is 2.07 bits per heavy atom. The van der Waals surface area contributed by atoms with Crippen LogP contribution in [0.15, 0.2) is 48.0 Å². The molecule has 0 fully saturated rings. The van der Waals surface area contributed by atoms with Crippen LogP contribution in [0, 0.1) is 0 Å². The fourth-order valence-corrected chi connectivity index (χ4v) is 4.24. The van der Waals surface area contributed by atoms with Crippen LogP contribution >= 0.6 is 11.3 Å². The monoisotopic (exact) mass is 436 g/mol. The van der Waals surface area contributed by atoms with Gasteiger partial charge in [-0.25, -0.2) is 4.68 Å². The number of hydrogen-bond donors (Lipinski definition) is 3. The SMILES string of the molecule is C[C@@H](O)c1ccc(NC(=O)c2cnn3c2N[C@@H](c2cccs2)C[C@@H]3C(F)(F)F)cc1. The number of aliphatic hydroxyl groups is 1. The van der Waals surface area contributed by atoms with E-state index < -0.39 is 30.3 Å². The number of aliphatic hydroxyl groups excluding tert-OH is 1. The number of aromatic nitrogens is 2. The Hall–Kier alpha value is -2.85. The van der Waals surface area contributed by atoms with E-state index in [2.05, 4.69) is 15.7 Å². The maximum atomic E-state index is 13.7. The van der Waals surface area contributed by atoms with Crippen molar-refractivity contribution in [3.8, 4) is 0 Å². The number of anilines is 2. The Balaban J connectivity index is 1.63. The quantitative estimate of drug-likeness (QED) is 0.543. The lowest BCUT2D eigenvalue weighted by Crippen LogP contribution is -2.36. The minimum absolute atomic E-state index is 0.0325. The summed E-state index contributed by atoms with van der Waals surface area (Å²) in [6.45, 7) is 1.62. The molecule has 0 radical (unpaired) electrons. The van der Waals surface area contributed by atoms with Crippen molar-refractivity contribution in [2.24, 2.45) is 0 Å². The number of nitrogens with zero attached hydrogens (tertiary/aromatic N) is 2. The zero-order valence-corrected chi connectivity index (χ0v) is 16.7. The number of thiophene rings is 1. The van der Waals surface area contributed by atoms with Crippen LogP contribution in [-0.4, -0.2) is 27.0 Å². The first-order chi connectivity index (χ1) is 14.2. The van der Waals surface area contributed by atoms with Gasteiger partial charge in [0.2, 0.25) is 0 Å². The Kier molecular flexibility index (Phi) is 5.29. The lowest BCUT2D eigenvalue weighted by molar-refractivity contribution is -0.173. The van der Waals surface area contributed by atoms with Crippen molar-refractivity contribution in [2.45, 2.75) is 37.7 Å². The molecular weight excluding hydrogens is 417 g/mol. The van der Waals surface area contributed by atoms with Crippen LogP contribution in [0.1, 0.15) is 52.3 Å². The molecule has 0 bridgehead atoms. The van der Waals surface area contributed by atoms with E-state index in [0.29, 0.717) is 11.3 Å². The minimum Gasteiger partial charge on any atom is -0.389 e. The number of nitrogens with one attached hydrogen (secondary N) is 2. The number of alkyl halides is 3. The Morgan fingerprint density at radius 3 is 2.67 bits per heavy atom. The molecular formula is C20H19F3N4O2S. The van der Waals surface area contributed by atoms with Gasteiger partial charge in [-0.3, -0.25) is 4.79 Å². The topological polar surface area (TPSA) is 79.2 Å². The summed E-state index contributed by atoms with van der Waals surface area (Å²) in [5.41, 5.74) is 1.18. The van der Waals surface area contributed by atoms with E-state index in [1.54, 1.807) is 48.7 Å². The van der Waals surface area contributed by atoms with E-state index in [9.17, 15) is 23.1 Å². The largest absolute Gasteiger partial charge is 0.410 e. The minimum atomic E-state index is -4.50. The molecule has 1 aliphatic heterocycles. The summed E-state index contributed by atoms with van der Waals surface area (Å²) < 4.78 is 41.9. The molecule has 3 N–H and O–H groups in total. The van der Waals surface area contributed by atoms with Gasteiger partial charge in [-0.15, -0.1) is 11.3 Å². The highest BCUT2D eigenvalue weighted by Gasteiger charge is 2.47. The van der Waals surface area contributed by atoms with Gasteiger partial charge in [-0.1, -0.05) is 18.2 Å². The third-order valence-electron chi connectivity index (χ3n) is 5.02. The van der Waals surface area contributed by atoms with Crippen molar-refractivity contribution in [3.63, 3.8) is 0 Å². The van der Waals surface area contributed by atoms with Crippen molar-refractivity contribution in [1.82, 2.24) is 9.78 Å². The molecule has 10 heteroatoms. The van der Waals surface area contributed by atoms with Gasteiger partial charge in [-0.2, -0.15) is 18.3 Å². The van der Waals surface area contributed by atoms with Crippen LogP contribution in [0.4, 0.5) is 24.7 Å². The number of fused-ring (bicyclic) bond motifs is 1. The van der Waals surface area contributed by atoms with Crippen LogP contribution in [0.3, 0.4) is 0 Å². The van der Waals surface area contributed by atoms with Gasteiger partial charge in [-0.05, 0) is 36.1 Å². The molecule has 0 saturated carbocycles. The normalized spacial score (nSPS) is 19.6. The Morgan fingerprint density at radius 1 is 1.33 bits per heavy atom. The summed E-state index contributed by atoms with van der Waals surface area (Å²) in [7, 11) is 0. The smallest absolute Gasteiger partial charge is 0.389 e. The highest BCUT2D eigenvalue weighted by Crippen LogP contribution is 2.45. The zero-order chi connectivity index (χ0) is 21.5. The molecule has 158 valence electrons. The van der Waals surface area contributed by atoms with Crippen molar-refractivity contribution in [2.75, 3.05) is 10.6 Å². The fourth-order valence-electron chi connectivity index (χ4n) is 3.45. The summed E-state index contributed by atoms with van der Waals surface area (Å²) in [6, 6.07) is 7.72. The molecule has 3 atom stereocenters. The molecule has 3 heterocycles. The van der Waals surface area contributed by atoms with Crippen molar-refractivity contribution >= 4 is 28.7 Å². The summed E-state index contributed by atoms with van der Waals surface area (Å²) in [5, 5.41) is 21.0. The summed E-state index contributed by atoms with van der Waals surface area (Å²) in [6.07, 6.45) is -4.20. The molecule has 1 amide bonds. The van der Waals surface area contributed by atoms with Gasteiger partial charge in [0.25, 0.3) is 5.91 Å². The maximum Gasteiger partial charge on any atom is 0.410 e. The molecule has 30 heavy (non-hydrogen) atoms. The van der Waals surface area contributed by atoms with Gasteiger partial charge in [0.15, 0.2) is 6.04 Å². The van der Waals surface area contributed by atoms with Crippen molar-refractivity contribution in [1.29, 1.82) is 0 Å². The molecule has 3 aromatic rings. The predicted molar refractivity (Wildman–Crippen MR) is 108 cm³/mol. The highest BCUT2D eigenvalue weighted by molar-refractivity contribution is 7.10. The molecule has 4 rings (SSSR count). The Labute approximate surface area is 174 Å². The number of hydrogen-bond acceptors (Lipinski definition) is 5. The predicted octanol–water partition coefficient (Wildman–Crippen LogP) is 4.91. The first-order valence-corrected chi connectivity index (χ1v) is 10.2. The lowest BCUT2D eigenvalue weighted by atomic mass is 10.0. The van der Waals surface area contributed by atoms with Crippen molar-refractivity contribution < 1.29 is 23.1 Å². The number of rotatable bonds is 4. The number of halogens is 3.